The molecule has 0 aliphatic rings. The van der Waals surface area contributed by atoms with Gasteiger partial charge in [0.1, 0.15) is 5.75 Å². The zero-order chi connectivity index (χ0) is 14.4. The van der Waals surface area contributed by atoms with Gasteiger partial charge in [0.05, 0.1) is 18.5 Å². The number of hydrogen-bond acceptors (Lipinski definition) is 1. The molecule has 0 fully saturated rings. The molecule has 0 saturated carbocycles. The molecule has 0 unspecified atom stereocenters. The SMILES string of the molecule is COc1ccc2[nH]c(-c3cc4ccc(Br)cc4[nH]3)cc2c1. The molecule has 0 spiro atoms. The Balaban J connectivity index is 1.87. The van der Waals surface area contributed by atoms with Gasteiger partial charge in [-0.3, -0.25) is 0 Å². The molecule has 0 saturated heterocycles. The molecule has 0 atom stereocenters. The van der Waals surface area contributed by atoms with Crippen LogP contribution in [0.4, 0.5) is 0 Å². The molecule has 0 aliphatic heterocycles. The lowest BCUT2D eigenvalue weighted by atomic mass is 10.2. The molecule has 4 heteroatoms. The maximum Gasteiger partial charge on any atom is 0.119 e. The number of ether oxygens (including phenoxy) is 1. The van der Waals surface area contributed by atoms with Crippen molar-refractivity contribution >= 4 is 37.7 Å². The maximum atomic E-state index is 5.27. The number of nitrogens with one attached hydrogen (secondary N) is 2. The van der Waals surface area contributed by atoms with Crippen molar-refractivity contribution < 1.29 is 4.74 Å². The number of rotatable bonds is 2. The Labute approximate surface area is 130 Å². The maximum absolute atomic E-state index is 5.27. The van der Waals surface area contributed by atoms with E-state index in [2.05, 4.69) is 56.2 Å². The molecule has 0 amide bonds. The van der Waals surface area contributed by atoms with Crippen molar-refractivity contribution in [2.45, 2.75) is 0 Å². The Hall–Kier alpha value is -2.20. The number of aromatic amines is 2. The number of halogens is 1. The summed E-state index contributed by atoms with van der Waals surface area (Å²) in [4.78, 5) is 6.89. The number of hydrogen-bond donors (Lipinski definition) is 2. The van der Waals surface area contributed by atoms with Gasteiger partial charge in [0, 0.05) is 26.3 Å². The van der Waals surface area contributed by atoms with Crippen LogP contribution in [0.15, 0.2) is 53.0 Å². The summed E-state index contributed by atoms with van der Waals surface area (Å²) in [6.07, 6.45) is 0. The molecule has 104 valence electrons. The lowest BCUT2D eigenvalue weighted by molar-refractivity contribution is 0.415. The van der Waals surface area contributed by atoms with Crippen molar-refractivity contribution in [3.05, 3.63) is 53.0 Å². The van der Waals surface area contributed by atoms with Crippen molar-refractivity contribution in [1.29, 1.82) is 0 Å². The van der Waals surface area contributed by atoms with Crippen molar-refractivity contribution in [2.75, 3.05) is 7.11 Å². The topological polar surface area (TPSA) is 40.8 Å². The Bertz CT molecular complexity index is 952. The average molecular weight is 341 g/mol. The lowest BCUT2D eigenvalue weighted by Gasteiger charge is -1.97. The first-order chi connectivity index (χ1) is 10.2. The number of aromatic nitrogens is 2. The van der Waals surface area contributed by atoms with Crippen LogP contribution in [0.1, 0.15) is 0 Å². The normalized spacial score (nSPS) is 11.3. The highest BCUT2D eigenvalue weighted by Crippen LogP contribution is 2.29. The minimum absolute atomic E-state index is 0.869. The van der Waals surface area contributed by atoms with Gasteiger partial charge in [0.15, 0.2) is 0 Å². The molecule has 0 aliphatic carbocycles. The number of methoxy groups -OCH3 is 1. The molecule has 0 radical (unpaired) electrons. The summed E-state index contributed by atoms with van der Waals surface area (Å²) < 4.78 is 6.35. The molecule has 2 aromatic carbocycles. The first-order valence-corrected chi connectivity index (χ1v) is 7.48. The summed E-state index contributed by atoms with van der Waals surface area (Å²) in [7, 11) is 1.68. The lowest BCUT2D eigenvalue weighted by Crippen LogP contribution is -1.80. The molecule has 4 aromatic rings. The summed E-state index contributed by atoms with van der Waals surface area (Å²) >= 11 is 3.50. The zero-order valence-electron chi connectivity index (χ0n) is 11.4. The monoisotopic (exact) mass is 340 g/mol. The highest BCUT2D eigenvalue weighted by molar-refractivity contribution is 9.10. The minimum Gasteiger partial charge on any atom is -0.497 e. The van der Waals surface area contributed by atoms with E-state index in [9.17, 15) is 0 Å². The summed E-state index contributed by atoms with van der Waals surface area (Å²) in [6, 6.07) is 16.6. The van der Waals surface area contributed by atoms with Crippen molar-refractivity contribution in [3.63, 3.8) is 0 Å². The van der Waals surface area contributed by atoms with Gasteiger partial charge >= 0.3 is 0 Å². The minimum atomic E-state index is 0.869. The molecule has 3 nitrogen and oxygen atoms in total. The second-order valence-corrected chi connectivity index (χ2v) is 5.97. The van der Waals surface area contributed by atoms with E-state index in [1.54, 1.807) is 7.11 Å². The molecule has 0 bridgehead atoms. The standard InChI is InChI=1S/C17H13BrN2O/c1-21-13-4-5-14-11(6-13)8-17(19-14)16-7-10-2-3-12(18)9-15(10)20-16/h2-9,19-20H,1H3. The molecule has 2 N–H and O–H groups in total. The fraction of sp³-hybridized carbons (Fsp3) is 0.0588. The van der Waals surface area contributed by atoms with E-state index in [4.69, 9.17) is 4.74 Å². The summed E-state index contributed by atoms with van der Waals surface area (Å²) in [5.41, 5.74) is 4.38. The molecule has 4 rings (SSSR count). The third kappa shape index (κ3) is 2.12. The Kier molecular flexibility index (Phi) is 2.79. The average Bonchev–Trinajstić information content (AvgIpc) is 3.08. The van der Waals surface area contributed by atoms with Crippen LogP contribution in [0.5, 0.6) is 5.75 Å². The van der Waals surface area contributed by atoms with Crippen LogP contribution < -0.4 is 4.74 Å². The molecule has 2 aromatic heterocycles. The van der Waals surface area contributed by atoms with E-state index in [0.29, 0.717) is 0 Å². The van der Waals surface area contributed by atoms with Crippen LogP contribution in [0.2, 0.25) is 0 Å². The quantitative estimate of drug-likeness (QED) is 0.524. The highest BCUT2D eigenvalue weighted by atomic mass is 79.9. The van der Waals surface area contributed by atoms with Gasteiger partial charge in [-0.2, -0.15) is 0 Å². The smallest absolute Gasteiger partial charge is 0.119 e. The third-order valence-electron chi connectivity index (χ3n) is 3.70. The molecular weight excluding hydrogens is 328 g/mol. The van der Waals surface area contributed by atoms with E-state index in [1.165, 1.54) is 5.39 Å². The van der Waals surface area contributed by atoms with Gasteiger partial charge < -0.3 is 14.7 Å². The van der Waals surface area contributed by atoms with E-state index >= 15 is 0 Å². The van der Waals surface area contributed by atoms with Gasteiger partial charge in [-0.25, -0.2) is 0 Å². The van der Waals surface area contributed by atoms with Gasteiger partial charge in [-0.15, -0.1) is 0 Å². The summed E-state index contributed by atoms with van der Waals surface area (Å²) in [6.45, 7) is 0. The van der Waals surface area contributed by atoms with Crippen LogP contribution in [-0.4, -0.2) is 17.1 Å². The van der Waals surface area contributed by atoms with E-state index in [-0.39, 0.29) is 0 Å². The van der Waals surface area contributed by atoms with Crippen LogP contribution in [0, 0.1) is 0 Å². The summed E-state index contributed by atoms with van der Waals surface area (Å²) in [5, 5.41) is 2.34. The van der Waals surface area contributed by atoms with Crippen molar-refractivity contribution in [2.24, 2.45) is 0 Å². The highest BCUT2D eigenvalue weighted by Gasteiger charge is 2.08. The molecular formula is C17H13BrN2O. The van der Waals surface area contributed by atoms with E-state index in [1.807, 2.05) is 18.2 Å². The first-order valence-electron chi connectivity index (χ1n) is 6.68. The van der Waals surface area contributed by atoms with Gasteiger partial charge in [-0.1, -0.05) is 22.0 Å². The number of benzene rings is 2. The Morgan fingerprint density at radius 3 is 2.38 bits per heavy atom. The Morgan fingerprint density at radius 1 is 0.810 bits per heavy atom. The van der Waals surface area contributed by atoms with E-state index < -0.39 is 0 Å². The molecule has 2 heterocycles. The third-order valence-corrected chi connectivity index (χ3v) is 4.20. The van der Waals surface area contributed by atoms with Crippen molar-refractivity contribution in [1.82, 2.24) is 9.97 Å². The van der Waals surface area contributed by atoms with E-state index in [0.717, 1.165) is 38.0 Å². The fourth-order valence-electron chi connectivity index (χ4n) is 2.63. The largest absolute Gasteiger partial charge is 0.497 e. The second kappa shape index (κ2) is 4.67. The van der Waals surface area contributed by atoms with Gasteiger partial charge in [0.2, 0.25) is 0 Å². The first kappa shape index (κ1) is 12.5. The number of H-pyrrole nitrogens is 2. The number of fused-ring (bicyclic) bond motifs is 2. The van der Waals surface area contributed by atoms with Gasteiger partial charge in [-0.05, 0) is 42.5 Å². The predicted molar refractivity (Wildman–Crippen MR) is 89.8 cm³/mol. The molecule has 21 heavy (non-hydrogen) atoms. The summed E-state index contributed by atoms with van der Waals surface area (Å²) in [5.74, 6) is 0.869. The van der Waals surface area contributed by atoms with Crippen LogP contribution >= 0.6 is 15.9 Å². The van der Waals surface area contributed by atoms with Crippen LogP contribution in [0.3, 0.4) is 0 Å². The Morgan fingerprint density at radius 2 is 1.57 bits per heavy atom. The van der Waals surface area contributed by atoms with Crippen LogP contribution in [0.25, 0.3) is 33.2 Å². The van der Waals surface area contributed by atoms with Crippen LogP contribution in [-0.2, 0) is 0 Å². The fourth-order valence-corrected chi connectivity index (χ4v) is 2.99. The zero-order valence-corrected chi connectivity index (χ0v) is 13.0. The van der Waals surface area contributed by atoms with Gasteiger partial charge in [0.25, 0.3) is 0 Å². The predicted octanol–water partition coefficient (Wildman–Crippen LogP) is 5.09. The van der Waals surface area contributed by atoms with Crippen molar-refractivity contribution in [3.8, 4) is 17.1 Å². The second-order valence-electron chi connectivity index (χ2n) is 5.05.